The first-order valence-electron chi connectivity index (χ1n) is 2.34. The Morgan fingerprint density at radius 2 is 2.00 bits per heavy atom. The summed E-state index contributed by atoms with van der Waals surface area (Å²) >= 11 is 4.25. The number of carboxylic acid groups (broad SMARTS) is 1. The van der Waals surface area contributed by atoms with E-state index in [0.29, 0.717) is 0 Å². The van der Waals surface area contributed by atoms with Gasteiger partial charge in [-0.25, -0.2) is 9.59 Å². The maximum absolute atomic E-state index is 10.4. The lowest BCUT2D eigenvalue weighted by Crippen LogP contribution is -2.39. The van der Waals surface area contributed by atoms with Gasteiger partial charge in [-0.3, -0.25) is 5.32 Å². The van der Waals surface area contributed by atoms with Crippen molar-refractivity contribution >= 4 is 29.2 Å². The molecule has 10 heavy (non-hydrogen) atoms. The largest absolute Gasteiger partial charge is 0.476 e. The highest BCUT2D eigenvalue weighted by Crippen LogP contribution is 1.71. The highest BCUT2D eigenvalue weighted by Gasteiger charge is 2.07. The molecule has 0 aromatic heterocycles. The maximum atomic E-state index is 10.4. The van der Waals surface area contributed by atoms with E-state index >= 15 is 0 Å². The molecule has 0 fully saturated rings. The highest BCUT2D eigenvalue weighted by molar-refractivity contribution is 7.82. The van der Waals surface area contributed by atoms with E-state index in [0.717, 1.165) is 0 Å². The summed E-state index contributed by atoms with van der Waals surface area (Å²) in [6.45, 7) is 0. The number of carbonyl (C=O) groups is 2. The number of rotatable bonds is 0. The van der Waals surface area contributed by atoms with Crippen molar-refractivity contribution in [2.75, 3.05) is 7.05 Å². The van der Waals surface area contributed by atoms with Crippen molar-refractivity contribution in [2.45, 2.75) is 0 Å². The fraction of sp³-hybridized carbons (Fsp3) is 0.250. The van der Waals surface area contributed by atoms with E-state index in [-0.39, 0.29) is 0 Å². The molecule has 0 rings (SSSR count). The third-order valence-electron chi connectivity index (χ3n) is 0.648. The van der Waals surface area contributed by atoms with Crippen molar-refractivity contribution in [3.63, 3.8) is 0 Å². The smallest absolute Gasteiger partial charge is 0.363 e. The van der Waals surface area contributed by atoms with Crippen LogP contribution in [0.2, 0.25) is 0 Å². The second-order valence-corrected chi connectivity index (χ2v) is 1.75. The molecule has 6 heteroatoms. The monoisotopic (exact) mass is 162 g/mol. The van der Waals surface area contributed by atoms with Crippen LogP contribution in [0.4, 0.5) is 4.79 Å². The first-order valence-corrected chi connectivity index (χ1v) is 2.74. The molecule has 56 valence electrons. The molecule has 0 aliphatic carbocycles. The fourth-order valence-electron chi connectivity index (χ4n) is 0.219. The summed E-state index contributed by atoms with van der Waals surface area (Å²) < 4.78 is 0. The van der Waals surface area contributed by atoms with Crippen LogP contribution >= 0.6 is 12.2 Å². The molecule has 0 spiro atoms. The average Bonchev–Trinajstić information content (AvgIpc) is 1.87. The maximum Gasteiger partial charge on any atom is 0.363 e. The van der Waals surface area contributed by atoms with Crippen molar-refractivity contribution in [1.29, 1.82) is 0 Å². The Hall–Kier alpha value is -1.17. The van der Waals surface area contributed by atoms with Crippen molar-refractivity contribution in [3.8, 4) is 0 Å². The number of carbonyl (C=O) groups excluding carboxylic acids is 1. The van der Waals surface area contributed by atoms with Gasteiger partial charge in [0.05, 0.1) is 0 Å². The molecular weight excluding hydrogens is 156 g/mol. The zero-order valence-corrected chi connectivity index (χ0v) is 5.99. The molecule has 0 saturated carbocycles. The van der Waals surface area contributed by atoms with Gasteiger partial charge in [-0.2, -0.15) is 0 Å². The van der Waals surface area contributed by atoms with Crippen molar-refractivity contribution in [3.05, 3.63) is 0 Å². The number of thiocarbonyl (C=S) groups is 1. The van der Waals surface area contributed by atoms with Gasteiger partial charge >= 0.3 is 12.0 Å². The Kier molecular flexibility index (Phi) is 3.34. The van der Waals surface area contributed by atoms with Gasteiger partial charge in [-0.1, -0.05) is 12.2 Å². The second-order valence-electron chi connectivity index (χ2n) is 1.34. The SMILES string of the molecule is CNC(=O)NC(=S)C(=O)O. The molecule has 0 heterocycles. The Labute approximate surface area is 62.4 Å². The molecule has 0 bridgehead atoms. The van der Waals surface area contributed by atoms with Gasteiger partial charge in [-0.05, 0) is 0 Å². The molecule has 0 radical (unpaired) electrons. The molecular formula is C4H6N2O3S. The Morgan fingerprint density at radius 1 is 1.50 bits per heavy atom. The normalized spacial score (nSPS) is 8.10. The summed E-state index contributed by atoms with van der Waals surface area (Å²) in [5.74, 6) is -1.32. The van der Waals surface area contributed by atoms with Crippen molar-refractivity contribution in [1.82, 2.24) is 10.6 Å². The summed E-state index contributed by atoms with van der Waals surface area (Å²) in [6.07, 6.45) is 0. The molecule has 3 N–H and O–H groups in total. The van der Waals surface area contributed by atoms with Crippen LogP contribution < -0.4 is 10.6 Å². The second kappa shape index (κ2) is 3.78. The molecule has 0 unspecified atom stereocenters. The predicted octanol–water partition coefficient (Wildman–Crippen LogP) is -0.673. The third kappa shape index (κ3) is 2.98. The molecule has 0 aliphatic rings. The first kappa shape index (κ1) is 8.83. The number of urea groups is 1. The molecule has 0 aromatic carbocycles. The van der Waals surface area contributed by atoms with Crippen LogP contribution in [0.3, 0.4) is 0 Å². The zero-order valence-electron chi connectivity index (χ0n) is 5.17. The third-order valence-corrected chi connectivity index (χ3v) is 0.925. The molecule has 5 nitrogen and oxygen atoms in total. The Bertz CT molecular complexity index is 179. The molecule has 2 amide bonds. The minimum absolute atomic E-state index is 0.514. The quantitative estimate of drug-likeness (QED) is 0.413. The highest BCUT2D eigenvalue weighted by atomic mass is 32.1. The van der Waals surface area contributed by atoms with Crippen LogP contribution in [0, 0.1) is 0 Å². The number of aliphatic carboxylic acids is 1. The number of carboxylic acids is 1. The predicted molar refractivity (Wildman–Crippen MR) is 37.8 cm³/mol. The number of hydrogen-bond donors (Lipinski definition) is 3. The van der Waals surface area contributed by atoms with Crippen molar-refractivity contribution in [2.24, 2.45) is 0 Å². The van der Waals surface area contributed by atoms with Gasteiger partial charge in [0.25, 0.3) is 0 Å². The van der Waals surface area contributed by atoms with E-state index in [1.54, 1.807) is 0 Å². The number of nitrogens with one attached hydrogen (secondary N) is 2. The van der Waals surface area contributed by atoms with Gasteiger partial charge in [0.15, 0.2) is 4.99 Å². The molecule has 0 aromatic rings. The van der Waals surface area contributed by atoms with Crippen LogP contribution in [0.5, 0.6) is 0 Å². The van der Waals surface area contributed by atoms with Gasteiger partial charge in [-0.15, -0.1) is 0 Å². The number of hydrogen-bond acceptors (Lipinski definition) is 3. The Balaban J connectivity index is 3.80. The van der Waals surface area contributed by atoms with Crippen LogP contribution in [0.25, 0.3) is 0 Å². The Morgan fingerprint density at radius 3 is 2.30 bits per heavy atom. The van der Waals surface area contributed by atoms with E-state index in [4.69, 9.17) is 5.11 Å². The van der Waals surface area contributed by atoms with Crippen LogP contribution in [-0.4, -0.2) is 29.1 Å². The van der Waals surface area contributed by atoms with Gasteiger partial charge in [0.1, 0.15) is 0 Å². The standard InChI is InChI=1S/C4H6N2O3S/c1-5-4(9)6-2(10)3(7)8/h1H3,(H,7,8)(H2,5,6,9,10). The van der Waals surface area contributed by atoms with E-state index in [9.17, 15) is 9.59 Å². The zero-order chi connectivity index (χ0) is 8.15. The summed E-state index contributed by atoms with van der Waals surface area (Å²) in [4.78, 5) is 19.8. The lowest BCUT2D eigenvalue weighted by molar-refractivity contribution is -0.129. The summed E-state index contributed by atoms with van der Waals surface area (Å²) in [7, 11) is 1.36. The minimum Gasteiger partial charge on any atom is -0.476 e. The van der Waals surface area contributed by atoms with Crippen molar-refractivity contribution < 1.29 is 14.7 Å². The summed E-state index contributed by atoms with van der Waals surface area (Å²) in [5.41, 5.74) is 0. The van der Waals surface area contributed by atoms with Gasteiger partial charge < -0.3 is 10.4 Å². The van der Waals surface area contributed by atoms with E-state index < -0.39 is 17.0 Å². The molecule has 0 atom stereocenters. The van der Waals surface area contributed by atoms with Crippen LogP contribution in [-0.2, 0) is 4.79 Å². The van der Waals surface area contributed by atoms with Crippen LogP contribution in [0.1, 0.15) is 0 Å². The van der Waals surface area contributed by atoms with E-state index in [1.807, 2.05) is 5.32 Å². The summed E-state index contributed by atoms with van der Waals surface area (Å²) in [6, 6.07) is -0.632. The van der Waals surface area contributed by atoms with E-state index in [2.05, 4.69) is 17.5 Å². The fourth-order valence-corrected chi connectivity index (χ4v) is 0.312. The number of amides is 2. The average molecular weight is 162 g/mol. The lowest BCUT2D eigenvalue weighted by atomic mass is 10.6. The van der Waals surface area contributed by atoms with Gasteiger partial charge in [0.2, 0.25) is 0 Å². The summed E-state index contributed by atoms with van der Waals surface area (Å²) in [5, 5.41) is 12.2. The lowest BCUT2D eigenvalue weighted by Gasteiger charge is -1.99. The first-order chi connectivity index (χ1) is 4.57. The minimum atomic E-state index is -1.32. The molecule has 0 aliphatic heterocycles. The molecule has 0 saturated heterocycles. The van der Waals surface area contributed by atoms with E-state index in [1.165, 1.54) is 7.05 Å². The van der Waals surface area contributed by atoms with Gasteiger partial charge in [0, 0.05) is 7.05 Å². The van der Waals surface area contributed by atoms with Crippen LogP contribution in [0.15, 0.2) is 0 Å². The topological polar surface area (TPSA) is 78.4 Å².